The molecule has 0 aromatic rings. The summed E-state index contributed by atoms with van der Waals surface area (Å²) in [5.41, 5.74) is 5.77. The summed E-state index contributed by atoms with van der Waals surface area (Å²) >= 11 is 0. The molecule has 0 amide bonds. The molecule has 5 heteroatoms. The van der Waals surface area contributed by atoms with Crippen molar-refractivity contribution in [3.63, 3.8) is 0 Å². The largest absolute Gasteiger partial charge is 0.395 e. The van der Waals surface area contributed by atoms with E-state index in [2.05, 4.69) is 6.92 Å². The number of aliphatic hydroxyl groups excluding tert-OH is 1. The van der Waals surface area contributed by atoms with Crippen molar-refractivity contribution >= 4 is 0 Å². The molecule has 3 nitrogen and oxygen atoms in total. The van der Waals surface area contributed by atoms with E-state index in [1.165, 1.54) is 0 Å². The minimum absolute atomic E-state index is 0.0721. The highest BCUT2D eigenvalue weighted by Crippen LogP contribution is 2.33. The van der Waals surface area contributed by atoms with Crippen LogP contribution in [0.3, 0.4) is 0 Å². The van der Waals surface area contributed by atoms with Crippen molar-refractivity contribution in [2.75, 3.05) is 26.2 Å². The first-order chi connectivity index (χ1) is 8.62. The second-order valence-corrected chi connectivity index (χ2v) is 5.26. The van der Waals surface area contributed by atoms with Crippen LogP contribution < -0.4 is 5.73 Å². The van der Waals surface area contributed by atoms with E-state index in [1.54, 1.807) is 4.90 Å². The van der Waals surface area contributed by atoms with Crippen molar-refractivity contribution in [3.8, 4) is 0 Å². The zero-order chi connectivity index (χ0) is 13.5. The second-order valence-electron chi connectivity index (χ2n) is 5.26. The van der Waals surface area contributed by atoms with Crippen molar-refractivity contribution in [2.45, 2.75) is 45.1 Å². The minimum Gasteiger partial charge on any atom is -0.395 e. The second kappa shape index (κ2) is 8.02. The quantitative estimate of drug-likeness (QED) is 0.736. The predicted octanol–water partition coefficient (Wildman–Crippen LogP) is 1.70. The first-order valence-electron chi connectivity index (χ1n) is 6.95. The molecule has 1 rings (SSSR count). The average Bonchev–Trinajstić information content (AvgIpc) is 2.37. The monoisotopic (exact) mass is 264 g/mol. The van der Waals surface area contributed by atoms with Crippen LogP contribution in [-0.4, -0.2) is 48.7 Å². The highest BCUT2D eigenvalue weighted by Gasteiger charge is 2.33. The van der Waals surface area contributed by atoms with E-state index >= 15 is 0 Å². The number of alkyl halides is 2. The zero-order valence-corrected chi connectivity index (χ0v) is 11.2. The van der Waals surface area contributed by atoms with Gasteiger partial charge in [0.15, 0.2) is 0 Å². The number of nitrogens with two attached hydrogens (primary N) is 1. The molecule has 1 saturated carbocycles. The molecular weight excluding hydrogens is 238 g/mol. The summed E-state index contributed by atoms with van der Waals surface area (Å²) in [4.78, 5) is 1.74. The third kappa shape index (κ3) is 4.44. The van der Waals surface area contributed by atoms with Gasteiger partial charge in [-0.2, -0.15) is 0 Å². The van der Waals surface area contributed by atoms with E-state index < -0.39 is 6.43 Å². The molecule has 1 aliphatic rings. The van der Waals surface area contributed by atoms with Crippen molar-refractivity contribution < 1.29 is 13.9 Å². The summed E-state index contributed by atoms with van der Waals surface area (Å²) in [7, 11) is 0. The van der Waals surface area contributed by atoms with Crippen molar-refractivity contribution in [2.24, 2.45) is 17.6 Å². The number of hydrogen-bond donors (Lipinski definition) is 2. The van der Waals surface area contributed by atoms with Crippen LogP contribution in [0.15, 0.2) is 0 Å². The third-order valence-electron chi connectivity index (χ3n) is 4.17. The Kier molecular flexibility index (Phi) is 7.04. The van der Waals surface area contributed by atoms with E-state index in [0.29, 0.717) is 19.0 Å². The Morgan fingerprint density at radius 3 is 2.61 bits per heavy atom. The fraction of sp³-hybridized carbons (Fsp3) is 1.00. The maximum Gasteiger partial charge on any atom is 0.251 e. The Hall–Kier alpha value is -0.260. The lowest BCUT2D eigenvalue weighted by Gasteiger charge is -2.42. The molecule has 0 aliphatic heterocycles. The maximum atomic E-state index is 12.6. The average molecular weight is 264 g/mol. The van der Waals surface area contributed by atoms with E-state index in [4.69, 9.17) is 10.8 Å². The number of nitrogens with zero attached hydrogens (tertiary/aromatic N) is 1. The van der Waals surface area contributed by atoms with Gasteiger partial charge >= 0.3 is 0 Å². The molecule has 0 aromatic carbocycles. The Morgan fingerprint density at radius 1 is 1.39 bits per heavy atom. The fourth-order valence-electron chi connectivity index (χ4n) is 3.09. The number of halogens is 2. The highest BCUT2D eigenvalue weighted by atomic mass is 19.3. The summed E-state index contributed by atoms with van der Waals surface area (Å²) in [6.45, 7) is 2.69. The molecule has 1 fully saturated rings. The summed E-state index contributed by atoms with van der Waals surface area (Å²) in [6.07, 6.45) is 1.85. The van der Waals surface area contributed by atoms with Gasteiger partial charge in [0.1, 0.15) is 0 Å². The fourth-order valence-corrected chi connectivity index (χ4v) is 3.09. The van der Waals surface area contributed by atoms with Gasteiger partial charge in [0.25, 0.3) is 6.43 Å². The molecule has 1 aliphatic carbocycles. The lowest BCUT2D eigenvalue weighted by molar-refractivity contribution is 0.0149. The van der Waals surface area contributed by atoms with Gasteiger partial charge in [-0.25, -0.2) is 8.78 Å². The van der Waals surface area contributed by atoms with Gasteiger partial charge in [-0.1, -0.05) is 19.8 Å². The highest BCUT2D eigenvalue weighted by molar-refractivity contribution is 4.87. The first-order valence-corrected chi connectivity index (χ1v) is 6.95. The van der Waals surface area contributed by atoms with Gasteiger partial charge in [0.2, 0.25) is 0 Å². The van der Waals surface area contributed by atoms with Gasteiger partial charge in [0.05, 0.1) is 13.2 Å². The van der Waals surface area contributed by atoms with Crippen molar-refractivity contribution in [3.05, 3.63) is 0 Å². The lowest BCUT2D eigenvalue weighted by atomic mass is 9.76. The van der Waals surface area contributed by atoms with Gasteiger partial charge in [-0.15, -0.1) is 0 Å². The van der Waals surface area contributed by atoms with Gasteiger partial charge in [-0.3, -0.25) is 4.90 Å². The number of hydrogen-bond acceptors (Lipinski definition) is 3. The van der Waals surface area contributed by atoms with Crippen LogP contribution in [0.2, 0.25) is 0 Å². The van der Waals surface area contributed by atoms with Crippen LogP contribution >= 0.6 is 0 Å². The van der Waals surface area contributed by atoms with Gasteiger partial charge < -0.3 is 10.8 Å². The normalized spacial score (nSPS) is 29.2. The molecule has 108 valence electrons. The maximum absolute atomic E-state index is 12.6. The van der Waals surface area contributed by atoms with E-state index in [9.17, 15) is 8.78 Å². The van der Waals surface area contributed by atoms with Gasteiger partial charge in [0, 0.05) is 12.6 Å². The molecule has 0 aromatic heterocycles. The number of rotatable bonds is 7. The SMILES string of the molecule is CCC1CCC(CN)C(N(CCO)CC(F)F)C1. The van der Waals surface area contributed by atoms with Crippen molar-refractivity contribution in [1.29, 1.82) is 0 Å². The van der Waals surface area contributed by atoms with Crippen LogP contribution in [0, 0.1) is 11.8 Å². The topological polar surface area (TPSA) is 49.5 Å². The number of aliphatic hydroxyl groups is 1. The van der Waals surface area contributed by atoms with Gasteiger partial charge in [-0.05, 0) is 31.2 Å². The Balaban J connectivity index is 2.69. The van der Waals surface area contributed by atoms with E-state index in [1.807, 2.05) is 0 Å². The van der Waals surface area contributed by atoms with Crippen LogP contribution in [-0.2, 0) is 0 Å². The molecule has 18 heavy (non-hydrogen) atoms. The Bertz CT molecular complexity index is 229. The third-order valence-corrected chi connectivity index (χ3v) is 4.17. The van der Waals surface area contributed by atoms with Crippen molar-refractivity contribution in [1.82, 2.24) is 4.90 Å². The van der Waals surface area contributed by atoms with E-state index in [0.717, 1.165) is 25.7 Å². The molecule has 0 heterocycles. The molecule has 3 atom stereocenters. The molecule has 0 bridgehead atoms. The van der Waals surface area contributed by atoms with Crippen LogP contribution in [0.4, 0.5) is 8.78 Å². The molecule has 0 radical (unpaired) electrons. The molecule has 0 spiro atoms. The van der Waals surface area contributed by atoms with Crippen LogP contribution in [0.1, 0.15) is 32.6 Å². The Morgan fingerprint density at radius 2 is 2.11 bits per heavy atom. The summed E-state index contributed by atoms with van der Waals surface area (Å²) in [6, 6.07) is 0.106. The first kappa shape index (κ1) is 15.8. The standard InChI is InChI=1S/C13H26F2N2O/c1-2-10-3-4-11(8-16)12(7-10)17(5-6-18)9-13(14)15/h10-13,18H,2-9,16H2,1H3. The predicted molar refractivity (Wildman–Crippen MR) is 68.6 cm³/mol. The van der Waals surface area contributed by atoms with Crippen LogP contribution in [0.5, 0.6) is 0 Å². The summed E-state index contributed by atoms with van der Waals surface area (Å²) < 4.78 is 25.2. The lowest BCUT2D eigenvalue weighted by Crippen LogP contribution is -2.49. The zero-order valence-electron chi connectivity index (χ0n) is 11.2. The molecule has 3 N–H and O–H groups in total. The minimum atomic E-state index is -2.35. The molecule has 3 unspecified atom stereocenters. The summed E-state index contributed by atoms with van der Waals surface area (Å²) in [5.74, 6) is 0.898. The van der Waals surface area contributed by atoms with E-state index in [-0.39, 0.29) is 25.1 Å². The Labute approximate surface area is 108 Å². The summed E-state index contributed by atoms with van der Waals surface area (Å²) in [5, 5.41) is 9.04. The molecular formula is C13H26F2N2O. The van der Waals surface area contributed by atoms with Crippen LogP contribution in [0.25, 0.3) is 0 Å². The smallest absolute Gasteiger partial charge is 0.251 e. The molecule has 0 saturated heterocycles.